The van der Waals surface area contributed by atoms with Crippen LogP contribution in [-0.4, -0.2) is 30.5 Å². The lowest BCUT2D eigenvalue weighted by Crippen LogP contribution is -2.49. The molecule has 6 nitrogen and oxygen atoms in total. The molecule has 2 atom stereocenters. The Morgan fingerprint density at radius 2 is 1.83 bits per heavy atom. The Morgan fingerprint density at radius 1 is 1.03 bits per heavy atom. The summed E-state index contributed by atoms with van der Waals surface area (Å²) in [6.07, 6.45) is 1.21. The first-order valence-electron chi connectivity index (χ1n) is 11.7. The number of benzene rings is 3. The van der Waals surface area contributed by atoms with Gasteiger partial charge in [-0.25, -0.2) is 9.18 Å². The van der Waals surface area contributed by atoms with Crippen LogP contribution in [0.25, 0.3) is 0 Å². The molecule has 0 saturated carbocycles. The third kappa shape index (κ3) is 5.98. The molecule has 0 radical (unpaired) electrons. The predicted molar refractivity (Wildman–Crippen MR) is 134 cm³/mol. The largest absolute Gasteiger partial charge is 0.497 e. The first-order chi connectivity index (χ1) is 16.9. The number of piperidine rings is 1. The molecule has 3 aromatic rings. The smallest absolute Gasteiger partial charge is 0.318 e. The molecule has 1 aliphatic rings. The van der Waals surface area contributed by atoms with Gasteiger partial charge in [-0.05, 0) is 54.7 Å². The molecule has 0 bridgehead atoms. The summed E-state index contributed by atoms with van der Waals surface area (Å²) in [4.78, 5) is 28.1. The summed E-state index contributed by atoms with van der Waals surface area (Å²) >= 11 is 0. The number of ether oxygens (including phenoxy) is 1. The fourth-order valence-electron chi connectivity index (χ4n) is 4.45. The average Bonchev–Trinajstić information content (AvgIpc) is 2.89. The van der Waals surface area contributed by atoms with Crippen molar-refractivity contribution in [2.45, 2.75) is 32.4 Å². The molecule has 1 saturated heterocycles. The van der Waals surface area contributed by atoms with Crippen LogP contribution in [0.5, 0.6) is 5.75 Å². The van der Waals surface area contributed by atoms with E-state index in [1.54, 1.807) is 43.2 Å². The van der Waals surface area contributed by atoms with E-state index in [9.17, 15) is 14.0 Å². The molecule has 0 aromatic heterocycles. The summed E-state index contributed by atoms with van der Waals surface area (Å²) in [5.74, 6) is -0.144. The van der Waals surface area contributed by atoms with Gasteiger partial charge in [-0.15, -0.1) is 0 Å². The van der Waals surface area contributed by atoms with Gasteiger partial charge in [0.25, 0.3) is 0 Å². The summed E-state index contributed by atoms with van der Waals surface area (Å²) in [7, 11) is 1.57. The lowest BCUT2D eigenvalue weighted by molar-refractivity contribution is -0.121. The van der Waals surface area contributed by atoms with Gasteiger partial charge in [0.2, 0.25) is 5.91 Å². The van der Waals surface area contributed by atoms with Gasteiger partial charge in [-0.1, -0.05) is 48.5 Å². The summed E-state index contributed by atoms with van der Waals surface area (Å²) in [6, 6.07) is 21.3. The number of amides is 3. The number of anilines is 1. The monoisotopic (exact) mass is 475 g/mol. The first-order valence-corrected chi connectivity index (χ1v) is 11.7. The average molecular weight is 476 g/mol. The number of carbonyl (C=O) groups is 2. The van der Waals surface area contributed by atoms with E-state index in [2.05, 4.69) is 10.6 Å². The van der Waals surface area contributed by atoms with Crippen molar-refractivity contribution in [3.05, 3.63) is 95.3 Å². The van der Waals surface area contributed by atoms with Crippen molar-refractivity contribution in [3.63, 3.8) is 0 Å². The van der Waals surface area contributed by atoms with Crippen LogP contribution >= 0.6 is 0 Å². The van der Waals surface area contributed by atoms with E-state index in [1.165, 1.54) is 6.07 Å². The zero-order chi connectivity index (χ0) is 24.8. The zero-order valence-corrected chi connectivity index (χ0v) is 20.0. The van der Waals surface area contributed by atoms with Gasteiger partial charge in [0.15, 0.2) is 0 Å². The normalized spacial score (nSPS) is 17.5. The highest BCUT2D eigenvalue weighted by Crippen LogP contribution is 2.35. The van der Waals surface area contributed by atoms with Crippen LogP contribution < -0.4 is 15.4 Å². The second kappa shape index (κ2) is 11.0. The van der Waals surface area contributed by atoms with Crippen molar-refractivity contribution in [1.82, 2.24) is 10.2 Å². The van der Waals surface area contributed by atoms with E-state index in [-0.39, 0.29) is 36.3 Å². The maximum atomic E-state index is 13.9. The minimum Gasteiger partial charge on any atom is -0.497 e. The molecule has 2 unspecified atom stereocenters. The number of aryl methyl sites for hydroxylation is 1. The van der Waals surface area contributed by atoms with E-state index in [4.69, 9.17) is 4.74 Å². The minimum absolute atomic E-state index is 0.146. The number of hydrogen-bond donors (Lipinski definition) is 2. The second-order valence-electron chi connectivity index (χ2n) is 8.82. The van der Waals surface area contributed by atoms with Gasteiger partial charge >= 0.3 is 6.03 Å². The molecule has 3 aromatic carbocycles. The SMILES string of the molecule is COc1cccc(NC(=O)C2CCC(c3ccc(F)c(C)c3)N(C(=O)NCc3ccccc3)C2)c1. The molecule has 182 valence electrons. The molecule has 1 heterocycles. The van der Waals surface area contributed by atoms with Crippen LogP contribution in [0.2, 0.25) is 0 Å². The van der Waals surface area contributed by atoms with Gasteiger partial charge in [0.1, 0.15) is 11.6 Å². The van der Waals surface area contributed by atoms with Crippen LogP contribution in [-0.2, 0) is 11.3 Å². The summed E-state index contributed by atoms with van der Waals surface area (Å²) in [5, 5.41) is 5.93. The fourth-order valence-corrected chi connectivity index (χ4v) is 4.45. The number of methoxy groups -OCH3 is 1. The molecule has 0 aliphatic carbocycles. The van der Waals surface area contributed by atoms with Crippen LogP contribution in [0.1, 0.15) is 35.6 Å². The van der Waals surface area contributed by atoms with Gasteiger partial charge in [-0.2, -0.15) is 0 Å². The number of urea groups is 1. The van der Waals surface area contributed by atoms with Crippen molar-refractivity contribution in [1.29, 1.82) is 0 Å². The number of likely N-dealkylation sites (tertiary alicyclic amines) is 1. The predicted octanol–water partition coefficient (Wildman–Crippen LogP) is 5.44. The Kier molecular flexibility index (Phi) is 7.65. The molecular formula is C28H30FN3O3. The number of hydrogen-bond acceptors (Lipinski definition) is 3. The molecule has 1 fully saturated rings. The van der Waals surface area contributed by atoms with Gasteiger partial charge in [0.05, 0.1) is 19.1 Å². The van der Waals surface area contributed by atoms with Crippen molar-refractivity contribution in [2.75, 3.05) is 19.0 Å². The molecule has 0 spiro atoms. The highest BCUT2D eigenvalue weighted by Gasteiger charge is 2.36. The Balaban J connectivity index is 1.51. The molecule has 35 heavy (non-hydrogen) atoms. The van der Waals surface area contributed by atoms with Crippen LogP contribution in [0, 0.1) is 18.7 Å². The van der Waals surface area contributed by atoms with E-state index >= 15 is 0 Å². The number of nitrogens with one attached hydrogen (secondary N) is 2. The lowest BCUT2D eigenvalue weighted by Gasteiger charge is -2.39. The maximum absolute atomic E-state index is 13.9. The molecular weight excluding hydrogens is 445 g/mol. The van der Waals surface area contributed by atoms with E-state index in [0.717, 1.165) is 11.1 Å². The molecule has 1 aliphatic heterocycles. The number of halogens is 1. The van der Waals surface area contributed by atoms with Crippen molar-refractivity contribution >= 4 is 17.6 Å². The Morgan fingerprint density at radius 3 is 2.57 bits per heavy atom. The van der Waals surface area contributed by atoms with Crippen LogP contribution in [0.15, 0.2) is 72.8 Å². The summed E-state index contributed by atoms with van der Waals surface area (Å²) in [5.41, 5.74) is 3.03. The Labute approximate surface area is 205 Å². The number of carbonyl (C=O) groups excluding carboxylic acids is 2. The first kappa shape index (κ1) is 24.3. The minimum atomic E-state index is -0.374. The standard InChI is InChI=1S/C28H30FN3O3/c1-19-15-21(11-13-25(19)29)26-14-12-22(27(33)31-23-9-6-10-24(16-23)35-2)18-32(26)28(34)30-17-20-7-4-3-5-8-20/h3-11,13,15-16,22,26H,12,14,17-18H2,1-2H3,(H,30,34)(H,31,33). The lowest BCUT2D eigenvalue weighted by atomic mass is 9.88. The zero-order valence-electron chi connectivity index (χ0n) is 20.0. The third-order valence-corrected chi connectivity index (χ3v) is 6.40. The Bertz CT molecular complexity index is 1190. The summed E-state index contributed by atoms with van der Waals surface area (Å²) < 4.78 is 19.1. The highest BCUT2D eigenvalue weighted by molar-refractivity contribution is 5.93. The van der Waals surface area contributed by atoms with Crippen LogP contribution in [0.4, 0.5) is 14.9 Å². The van der Waals surface area contributed by atoms with Crippen LogP contribution in [0.3, 0.4) is 0 Å². The van der Waals surface area contributed by atoms with Crippen molar-refractivity contribution in [2.24, 2.45) is 5.92 Å². The quantitative estimate of drug-likeness (QED) is 0.498. The van der Waals surface area contributed by atoms with E-state index < -0.39 is 0 Å². The highest BCUT2D eigenvalue weighted by atomic mass is 19.1. The van der Waals surface area contributed by atoms with E-state index in [0.29, 0.717) is 36.4 Å². The topological polar surface area (TPSA) is 70.7 Å². The van der Waals surface area contributed by atoms with E-state index in [1.807, 2.05) is 42.5 Å². The fraction of sp³-hybridized carbons (Fsp3) is 0.286. The number of rotatable bonds is 6. The second-order valence-corrected chi connectivity index (χ2v) is 8.82. The maximum Gasteiger partial charge on any atom is 0.318 e. The molecule has 4 rings (SSSR count). The van der Waals surface area contributed by atoms with Crippen molar-refractivity contribution < 1.29 is 18.7 Å². The Hall–Kier alpha value is -3.87. The third-order valence-electron chi connectivity index (χ3n) is 6.40. The van der Waals surface area contributed by atoms with Crippen molar-refractivity contribution in [3.8, 4) is 5.75 Å². The molecule has 2 N–H and O–H groups in total. The number of nitrogens with zero attached hydrogens (tertiary/aromatic N) is 1. The summed E-state index contributed by atoms with van der Waals surface area (Å²) in [6.45, 7) is 2.36. The molecule has 3 amide bonds. The van der Waals surface area contributed by atoms with Gasteiger partial charge in [0, 0.05) is 24.8 Å². The molecule has 7 heteroatoms. The van der Waals surface area contributed by atoms with Gasteiger partial charge in [-0.3, -0.25) is 4.79 Å². The van der Waals surface area contributed by atoms with Gasteiger partial charge < -0.3 is 20.3 Å².